The molecule has 0 spiro atoms. The Morgan fingerprint density at radius 1 is 1.03 bits per heavy atom. The number of ether oxygens (including phenoxy) is 1. The molecule has 0 aliphatic carbocycles. The Morgan fingerprint density at radius 2 is 1.71 bits per heavy atom. The summed E-state index contributed by atoms with van der Waals surface area (Å²) in [5.74, 6) is -0.660. The highest BCUT2D eigenvalue weighted by Gasteiger charge is 2.33. The Hall–Kier alpha value is -3.82. The molecule has 1 fully saturated rings. The van der Waals surface area contributed by atoms with Crippen molar-refractivity contribution >= 4 is 17.7 Å². The number of rotatable bonds is 4. The maximum atomic E-state index is 13.3. The number of aryl methyl sites for hydroxylation is 1. The van der Waals surface area contributed by atoms with Gasteiger partial charge < -0.3 is 15.0 Å². The summed E-state index contributed by atoms with van der Waals surface area (Å²) >= 11 is 0. The molecule has 10 heteroatoms. The van der Waals surface area contributed by atoms with Crippen LogP contribution in [0.2, 0.25) is 0 Å². The van der Waals surface area contributed by atoms with Crippen molar-refractivity contribution in [2.75, 3.05) is 18.4 Å². The van der Waals surface area contributed by atoms with Crippen molar-refractivity contribution in [1.82, 2.24) is 14.7 Å². The van der Waals surface area contributed by atoms with E-state index in [9.17, 15) is 22.8 Å². The van der Waals surface area contributed by atoms with Gasteiger partial charge in [0, 0.05) is 24.7 Å². The van der Waals surface area contributed by atoms with Crippen LogP contribution in [0.4, 0.5) is 23.7 Å². The lowest BCUT2D eigenvalue weighted by molar-refractivity contribution is -0.137. The number of hydrogen-bond donors (Lipinski definition) is 1. The second-order valence-corrected chi connectivity index (χ2v) is 10.5. The molecule has 1 aromatic heterocycles. The van der Waals surface area contributed by atoms with Gasteiger partial charge in [0.05, 0.1) is 28.7 Å². The van der Waals surface area contributed by atoms with Crippen LogP contribution in [0.3, 0.4) is 0 Å². The highest BCUT2D eigenvalue weighted by molar-refractivity contribution is 6.05. The van der Waals surface area contributed by atoms with Crippen LogP contribution in [0.25, 0.3) is 5.69 Å². The second kappa shape index (κ2) is 10.5. The van der Waals surface area contributed by atoms with E-state index in [1.54, 1.807) is 9.58 Å². The molecule has 0 unspecified atom stereocenters. The summed E-state index contributed by atoms with van der Waals surface area (Å²) in [4.78, 5) is 27.6. The molecule has 1 N–H and O–H groups in total. The van der Waals surface area contributed by atoms with Crippen LogP contribution in [0.5, 0.6) is 0 Å². The quantitative estimate of drug-likeness (QED) is 0.416. The van der Waals surface area contributed by atoms with Gasteiger partial charge in [0.2, 0.25) is 0 Å². The van der Waals surface area contributed by atoms with Crippen molar-refractivity contribution in [1.29, 1.82) is 0 Å². The Labute approximate surface area is 219 Å². The number of alkyl halides is 3. The van der Waals surface area contributed by atoms with Crippen LogP contribution in [0, 0.1) is 6.92 Å². The van der Waals surface area contributed by atoms with Gasteiger partial charge >= 0.3 is 12.3 Å². The first-order valence-corrected chi connectivity index (χ1v) is 12.4. The number of nitrogens with one attached hydrogen (secondary N) is 1. The zero-order valence-electron chi connectivity index (χ0n) is 21.8. The van der Waals surface area contributed by atoms with Crippen LogP contribution >= 0.6 is 0 Å². The van der Waals surface area contributed by atoms with Crippen LogP contribution in [0.15, 0.2) is 54.7 Å². The van der Waals surface area contributed by atoms with Crippen LogP contribution in [-0.4, -0.2) is 45.4 Å². The van der Waals surface area contributed by atoms with Crippen molar-refractivity contribution in [3.8, 4) is 5.69 Å². The van der Waals surface area contributed by atoms with E-state index in [-0.39, 0.29) is 23.3 Å². The summed E-state index contributed by atoms with van der Waals surface area (Å²) in [6, 6.07) is 12.2. The van der Waals surface area contributed by atoms with Gasteiger partial charge in [0.1, 0.15) is 5.60 Å². The first-order chi connectivity index (χ1) is 17.8. The number of halogens is 3. The van der Waals surface area contributed by atoms with Gasteiger partial charge in [-0.15, -0.1) is 0 Å². The van der Waals surface area contributed by atoms with E-state index >= 15 is 0 Å². The first kappa shape index (κ1) is 27.2. The number of anilines is 1. The second-order valence-electron chi connectivity index (χ2n) is 10.5. The fraction of sp³-hybridized carbons (Fsp3) is 0.393. The number of benzene rings is 2. The van der Waals surface area contributed by atoms with Crippen molar-refractivity contribution in [2.24, 2.45) is 0 Å². The molecule has 0 atom stereocenters. The fourth-order valence-corrected chi connectivity index (χ4v) is 4.52. The monoisotopic (exact) mass is 528 g/mol. The maximum absolute atomic E-state index is 13.3. The van der Waals surface area contributed by atoms with E-state index in [0.717, 1.165) is 23.4 Å². The van der Waals surface area contributed by atoms with Gasteiger partial charge in [-0.1, -0.05) is 18.2 Å². The fourth-order valence-electron chi connectivity index (χ4n) is 4.52. The molecule has 0 saturated carbocycles. The lowest BCUT2D eigenvalue weighted by atomic mass is 9.90. The summed E-state index contributed by atoms with van der Waals surface area (Å²) in [6.45, 7) is 8.27. The third kappa shape index (κ3) is 6.35. The molecule has 4 rings (SSSR count). The Balaban J connectivity index is 1.63. The number of piperidine rings is 1. The lowest BCUT2D eigenvalue weighted by Crippen LogP contribution is -2.41. The minimum absolute atomic E-state index is 0.0406. The minimum atomic E-state index is -4.52. The largest absolute Gasteiger partial charge is 0.444 e. The number of likely N-dealkylation sites (tertiary alicyclic amines) is 1. The van der Waals surface area contributed by atoms with Crippen molar-refractivity contribution in [2.45, 2.75) is 58.2 Å². The van der Waals surface area contributed by atoms with Crippen LogP contribution < -0.4 is 5.32 Å². The van der Waals surface area contributed by atoms with Gasteiger partial charge in [-0.25, -0.2) is 9.48 Å². The summed E-state index contributed by atoms with van der Waals surface area (Å²) in [7, 11) is 0. The van der Waals surface area contributed by atoms with Crippen LogP contribution in [0.1, 0.15) is 66.7 Å². The highest BCUT2D eigenvalue weighted by atomic mass is 19.4. The van der Waals surface area contributed by atoms with E-state index < -0.39 is 23.2 Å². The third-order valence-electron chi connectivity index (χ3n) is 6.28. The van der Waals surface area contributed by atoms with Crippen molar-refractivity contribution in [3.05, 3.63) is 77.1 Å². The molecule has 38 heavy (non-hydrogen) atoms. The Bertz CT molecular complexity index is 1320. The third-order valence-corrected chi connectivity index (χ3v) is 6.28. The predicted octanol–water partition coefficient (Wildman–Crippen LogP) is 6.57. The molecule has 2 heterocycles. The average Bonchev–Trinajstić information content (AvgIpc) is 3.28. The normalized spacial score (nSPS) is 14.9. The van der Waals surface area contributed by atoms with E-state index in [4.69, 9.17) is 4.74 Å². The number of carbonyl (C=O) groups excluding carboxylic acids is 2. The number of carbonyl (C=O) groups is 2. The van der Waals surface area contributed by atoms with Gasteiger partial charge in [-0.2, -0.15) is 18.3 Å². The molecule has 3 aromatic rings. The molecule has 0 bridgehead atoms. The molecule has 202 valence electrons. The van der Waals surface area contributed by atoms with Gasteiger partial charge in [0.15, 0.2) is 0 Å². The maximum Gasteiger partial charge on any atom is 0.416 e. The smallest absolute Gasteiger partial charge is 0.416 e. The Kier molecular flexibility index (Phi) is 7.53. The highest BCUT2D eigenvalue weighted by Crippen LogP contribution is 2.34. The topological polar surface area (TPSA) is 76.5 Å². The summed E-state index contributed by atoms with van der Waals surface area (Å²) in [5, 5.41) is 7.10. The van der Waals surface area contributed by atoms with Gasteiger partial charge in [-0.3, -0.25) is 4.79 Å². The lowest BCUT2D eigenvalue weighted by Gasteiger charge is -2.34. The summed E-state index contributed by atoms with van der Waals surface area (Å²) in [6.07, 6.45) is -2.32. The molecule has 2 aromatic carbocycles. The first-order valence-electron chi connectivity index (χ1n) is 12.4. The molecule has 1 saturated heterocycles. The summed E-state index contributed by atoms with van der Waals surface area (Å²) in [5.41, 5.74) is 1.31. The zero-order valence-corrected chi connectivity index (χ0v) is 21.8. The zero-order chi connectivity index (χ0) is 27.7. The van der Waals surface area contributed by atoms with Crippen molar-refractivity contribution in [3.63, 3.8) is 0 Å². The number of aromatic nitrogens is 2. The minimum Gasteiger partial charge on any atom is -0.444 e. The molecule has 1 aliphatic heterocycles. The average molecular weight is 529 g/mol. The standard InChI is InChI=1S/C28H31F3N4O3/c1-18-7-5-10-22(15-18)35-24(19-11-13-34(14-12-19)26(37)38-27(2,3)4)23(17-32-35)25(36)33-21-9-6-8-20(16-21)28(29,30)31/h5-10,15-17,19H,11-14H2,1-4H3,(H,33,36). The Morgan fingerprint density at radius 3 is 2.34 bits per heavy atom. The predicted molar refractivity (Wildman–Crippen MR) is 137 cm³/mol. The molecular weight excluding hydrogens is 497 g/mol. The summed E-state index contributed by atoms with van der Waals surface area (Å²) < 4.78 is 46.7. The molecule has 2 amide bonds. The van der Waals surface area contributed by atoms with E-state index in [2.05, 4.69) is 10.4 Å². The van der Waals surface area contributed by atoms with Crippen molar-refractivity contribution < 1.29 is 27.5 Å². The molecule has 1 aliphatic rings. The number of amides is 2. The van der Waals surface area contributed by atoms with Crippen LogP contribution in [-0.2, 0) is 10.9 Å². The number of nitrogens with zero attached hydrogens (tertiary/aromatic N) is 3. The van der Waals surface area contributed by atoms with E-state index in [1.807, 2.05) is 52.0 Å². The molecule has 7 nitrogen and oxygen atoms in total. The SMILES string of the molecule is Cc1cccc(-n2ncc(C(=O)Nc3cccc(C(F)(F)F)c3)c2C2CCN(C(=O)OC(C)(C)C)CC2)c1. The van der Waals surface area contributed by atoms with E-state index in [1.165, 1.54) is 18.3 Å². The van der Waals surface area contributed by atoms with Gasteiger partial charge in [0.25, 0.3) is 5.91 Å². The van der Waals surface area contributed by atoms with E-state index in [0.29, 0.717) is 31.6 Å². The molecule has 0 radical (unpaired) electrons. The molecular formula is C28H31F3N4O3. The van der Waals surface area contributed by atoms with Gasteiger partial charge in [-0.05, 0) is 76.4 Å². The number of hydrogen-bond acceptors (Lipinski definition) is 4.